The fraction of sp³-hybridized carbons (Fsp3) is 0. The Morgan fingerprint density at radius 1 is 1.14 bits per heavy atom. The van der Waals surface area contributed by atoms with Crippen molar-refractivity contribution in [1.82, 2.24) is 0 Å². The van der Waals surface area contributed by atoms with E-state index in [1.165, 1.54) is 0 Å². The van der Waals surface area contributed by atoms with Crippen molar-refractivity contribution in [2.24, 2.45) is 0 Å². The van der Waals surface area contributed by atoms with Crippen LogP contribution in [0.25, 0.3) is 0 Å². The van der Waals surface area contributed by atoms with Gasteiger partial charge in [-0.2, -0.15) is 0 Å². The molecule has 0 saturated heterocycles. The van der Waals surface area contributed by atoms with E-state index in [1.54, 1.807) is 0 Å². The van der Waals surface area contributed by atoms with Crippen molar-refractivity contribution in [3.8, 4) is 0 Å². The largest absolute Gasteiger partial charge is 0 e. The van der Waals surface area contributed by atoms with E-state index < -0.39 is 0 Å². The van der Waals surface area contributed by atoms with Crippen LogP contribution in [0.15, 0.2) is 0 Å². The molecule has 1 nitrogen and oxygen atoms in total. The summed E-state index contributed by atoms with van der Waals surface area (Å²) in [6.45, 7) is 0. The van der Waals surface area contributed by atoms with E-state index in [-0.39, 0.29) is 219 Å². The molecule has 0 unspecified atom stereocenters. The van der Waals surface area contributed by atoms with Crippen molar-refractivity contribution in [3.05, 3.63) is 0 Å². The van der Waals surface area contributed by atoms with Crippen molar-refractivity contribution in [2.75, 3.05) is 0 Å². The second kappa shape index (κ2) is 38.0. The Morgan fingerprint density at radius 2 is 1.14 bits per heavy atom. The van der Waals surface area contributed by atoms with Gasteiger partial charge in [-0.3, -0.25) is 0 Å². The molecule has 7 heteroatoms. The van der Waals surface area contributed by atoms with Crippen molar-refractivity contribution in [2.45, 2.75) is 0 Å². The van der Waals surface area contributed by atoms with Gasteiger partial charge in [-0.25, -0.2) is 0 Å². The summed E-state index contributed by atoms with van der Waals surface area (Å²) in [5, 5.41) is 0. The van der Waals surface area contributed by atoms with Crippen LogP contribution in [0.2, 0.25) is 0 Å². The first kappa shape index (κ1) is 36.9. The van der Waals surface area contributed by atoms with E-state index in [0.29, 0.717) is 0 Å². The van der Waals surface area contributed by atoms with E-state index in [0.717, 1.165) is 0 Å². The average Bonchev–Trinajstić information content (AvgIpc) is 1.00. The summed E-state index contributed by atoms with van der Waals surface area (Å²) < 4.78 is 8.39. The summed E-state index contributed by atoms with van der Waals surface area (Å²) in [5.74, 6) is 0. The van der Waals surface area contributed by atoms with Crippen LogP contribution in [0.5, 0.6) is 0 Å². The van der Waals surface area contributed by atoms with Crippen LogP contribution >= 0.6 is 0 Å². The van der Waals surface area contributed by atoms with Crippen molar-refractivity contribution in [1.29, 1.82) is 0 Å². The molecule has 7 heavy (non-hydrogen) atoms. The maximum Gasteiger partial charge on any atom is 0 e. The smallest absolute Gasteiger partial charge is 0 e. The zero-order chi connectivity index (χ0) is 2.00. The van der Waals surface area contributed by atoms with Gasteiger partial charge in [0, 0.05) is 180 Å². The van der Waals surface area contributed by atoms with Crippen LogP contribution in [0.4, 0.5) is 0 Å². The Hall–Kier alpha value is 7.12. The molecule has 0 fully saturated rings. The first-order valence-corrected chi connectivity index (χ1v) is 1.49. The maximum absolute atomic E-state index is 8.39. The summed E-state index contributed by atoms with van der Waals surface area (Å²) in [5.41, 5.74) is 0. The molecule has 0 aliphatic heterocycles. The minimum Gasteiger partial charge on any atom is 0 e. The van der Waals surface area contributed by atoms with Gasteiger partial charge in [0.25, 0.3) is 0 Å². The normalized spacial score (nSPS) is 0.429. The first-order valence-electron chi connectivity index (χ1n) is 0.204. The van der Waals surface area contributed by atoms with Gasteiger partial charge in [0.1, 0.15) is 0 Å². The molecule has 0 spiro atoms. The van der Waals surface area contributed by atoms with E-state index in [4.69, 9.17) is 0.938 Å². The van der Waals surface area contributed by atoms with Gasteiger partial charge in [0.2, 0.25) is 0 Å². The fourth-order valence-electron chi connectivity index (χ4n) is 0. The van der Waals surface area contributed by atoms with Crippen LogP contribution in [-0.2, 0) is 22.0 Å². The van der Waals surface area contributed by atoms with Crippen LogP contribution in [0.3, 0.4) is 0 Å². The quantitative estimate of drug-likeness (QED) is 0.312. The molecule has 0 heterocycles. The van der Waals surface area contributed by atoms with Crippen LogP contribution in [-0.4, -0.2) is 0 Å². The summed E-state index contributed by atoms with van der Waals surface area (Å²) >= 11 is 0.0556. The summed E-state index contributed by atoms with van der Waals surface area (Å²) in [4.78, 5) is 0. The topological polar surface area (TPSA) is 17.1 Å². The van der Waals surface area contributed by atoms with E-state index in [9.17, 15) is 0 Å². The van der Waals surface area contributed by atoms with Gasteiger partial charge in [-0.05, 0) is 0 Å². The van der Waals surface area contributed by atoms with E-state index in [2.05, 4.69) is 0 Å². The van der Waals surface area contributed by atoms with Gasteiger partial charge in [0.05, 0.1) is 0 Å². The molecule has 0 aromatic carbocycles. The van der Waals surface area contributed by atoms with Gasteiger partial charge in [-0.1, -0.05) is 0 Å². The molecule has 0 amide bonds. The molecular weight excluding hydrogens is 826 g/mol. The number of rotatable bonds is 0. The molecule has 1 radical (unpaired) electrons. The van der Waals surface area contributed by atoms with Crippen molar-refractivity contribution in [3.63, 3.8) is 0 Å². The molecule has 0 aliphatic rings. The summed E-state index contributed by atoms with van der Waals surface area (Å²) in [7, 11) is 0. The zero-order valence-electron chi connectivity index (χ0n) is 3.30. The predicted octanol–water partition coefficient (Wildman–Crippen LogP) is -0.121. The third-order valence-electron chi connectivity index (χ3n) is 0. The van der Waals surface area contributed by atoms with Gasteiger partial charge < -0.3 is 0 Å². The maximum atomic E-state index is 8.39. The van der Waals surface area contributed by atoms with Crippen LogP contribution in [0.1, 0.15) is 0 Å². The predicted molar refractivity (Wildman–Crippen MR) is 0.686 cm³/mol. The Bertz CT molecular complexity index is 17.7. The standard InChI is InChI=1S/2Ce.La.Mo.Nd.O.Sm. The Kier molecular flexibility index (Phi) is 200. The molecular formula is Ce2LaMoNdOSm. The first-order chi connectivity index (χ1) is 1.00. The summed E-state index contributed by atoms with van der Waals surface area (Å²) in [6.07, 6.45) is 0. The second-order valence-corrected chi connectivity index (χ2v) is 0. The minimum absolute atomic E-state index is 0. The van der Waals surface area contributed by atoms with Gasteiger partial charge in [-0.15, -0.1) is 0 Å². The fourth-order valence-corrected chi connectivity index (χ4v) is 0. The third-order valence-corrected chi connectivity index (χ3v) is 0. The van der Waals surface area contributed by atoms with E-state index >= 15 is 0 Å². The molecule has 0 rings (SSSR count). The Morgan fingerprint density at radius 3 is 1.14 bits per heavy atom. The molecule has 0 bridgehead atoms. The average molecular weight is 826 g/mol. The molecule has 0 aliphatic carbocycles. The number of hydrogen-bond donors (Lipinski definition) is 0. The molecule has 0 N–H and O–H groups in total. The van der Waals surface area contributed by atoms with E-state index in [1.807, 2.05) is 0 Å². The SMILES string of the molecule is [Ce].[La].[Mo].[Nd].[O]=[Ce].[Sm]. The summed E-state index contributed by atoms with van der Waals surface area (Å²) in [6, 6.07) is 0. The molecule has 0 aromatic heterocycles. The van der Waals surface area contributed by atoms with Crippen LogP contribution < -0.4 is 0 Å². The molecule has 0 aromatic rings. The second-order valence-electron chi connectivity index (χ2n) is 0. The Labute approximate surface area is 212 Å². The Balaban J connectivity index is -0.000000000500. The van der Waals surface area contributed by atoms with Crippen molar-refractivity contribution >= 4 is 0 Å². The molecule has 0 saturated carbocycles. The molecule has 0 atom stereocenters. The molecule has 33 valence electrons. The van der Waals surface area contributed by atoms with Crippen molar-refractivity contribution < 1.29 is 220 Å². The third kappa shape index (κ3) is 32.0. The van der Waals surface area contributed by atoms with Crippen LogP contribution in [0, 0.1) is 198 Å². The van der Waals surface area contributed by atoms with Gasteiger partial charge >= 0.3 is 40.7 Å². The minimum atomic E-state index is 0. The monoisotopic (exact) mass is 826 g/mol. The number of hydrogen-bond acceptors (Lipinski definition) is 1. The zero-order valence-corrected chi connectivity index (χ0v) is 21.0. The van der Waals surface area contributed by atoms with Gasteiger partial charge in [0.15, 0.2) is 0 Å².